The molecule has 0 spiro atoms. The molecule has 1 fully saturated rings. The monoisotopic (exact) mass is 242 g/mol. The van der Waals surface area contributed by atoms with Crippen molar-refractivity contribution in [3.63, 3.8) is 0 Å². The second-order valence-corrected chi connectivity index (χ2v) is 3.90. The standard InChI is InChI=1S/C9H14N4O4/c10-12-11-4-6-3-8(15)13(5-6)7(1-2-14)9(16)17/h6-7,14H,1-5H2,(H,16,17). The predicted octanol–water partition coefficient (Wildman–Crippen LogP) is -0.0192. The largest absolute Gasteiger partial charge is 0.480 e. The van der Waals surface area contributed by atoms with Gasteiger partial charge < -0.3 is 15.1 Å². The molecule has 0 aromatic heterocycles. The van der Waals surface area contributed by atoms with Gasteiger partial charge in [-0.15, -0.1) is 0 Å². The van der Waals surface area contributed by atoms with E-state index in [1.54, 1.807) is 0 Å². The highest BCUT2D eigenvalue weighted by Crippen LogP contribution is 2.22. The Labute approximate surface area is 97.5 Å². The van der Waals surface area contributed by atoms with E-state index < -0.39 is 12.0 Å². The zero-order chi connectivity index (χ0) is 12.8. The van der Waals surface area contributed by atoms with Crippen LogP contribution in [0.25, 0.3) is 10.4 Å². The molecule has 0 bridgehead atoms. The van der Waals surface area contributed by atoms with Crippen LogP contribution in [0.5, 0.6) is 0 Å². The molecule has 1 rings (SSSR count). The van der Waals surface area contributed by atoms with Gasteiger partial charge >= 0.3 is 5.97 Å². The molecule has 0 aromatic carbocycles. The van der Waals surface area contributed by atoms with Crippen molar-refractivity contribution >= 4 is 11.9 Å². The van der Waals surface area contributed by atoms with Crippen LogP contribution in [0.2, 0.25) is 0 Å². The lowest BCUT2D eigenvalue weighted by Crippen LogP contribution is -2.42. The summed E-state index contributed by atoms with van der Waals surface area (Å²) in [5.41, 5.74) is 8.17. The maximum atomic E-state index is 11.6. The predicted molar refractivity (Wildman–Crippen MR) is 57.0 cm³/mol. The molecule has 2 unspecified atom stereocenters. The molecule has 0 saturated carbocycles. The lowest BCUT2D eigenvalue weighted by atomic mass is 10.1. The van der Waals surface area contributed by atoms with Crippen LogP contribution in [-0.4, -0.2) is 52.7 Å². The lowest BCUT2D eigenvalue weighted by molar-refractivity contribution is -0.149. The van der Waals surface area contributed by atoms with E-state index in [1.165, 1.54) is 4.90 Å². The molecule has 1 heterocycles. The number of amides is 1. The molecule has 1 aliphatic rings. The van der Waals surface area contributed by atoms with E-state index in [0.717, 1.165) is 0 Å². The number of aliphatic hydroxyl groups excluding tert-OH is 1. The first-order valence-corrected chi connectivity index (χ1v) is 5.24. The molecule has 8 heteroatoms. The minimum atomic E-state index is -1.13. The van der Waals surface area contributed by atoms with Gasteiger partial charge in [-0.2, -0.15) is 0 Å². The van der Waals surface area contributed by atoms with E-state index >= 15 is 0 Å². The first-order valence-electron chi connectivity index (χ1n) is 5.24. The Bertz CT molecular complexity index is 353. The summed E-state index contributed by atoms with van der Waals surface area (Å²) in [4.78, 5) is 26.4. The van der Waals surface area contributed by atoms with Crippen molar-refractivity contribution < 1.29 is 19.8 Å². The molecular weight excluding hydrogens is 228 g/mol. The fraction of sp³-hybridized carbons (Fsp3) is 0.778. The summed E-state index contributed by atoms with van der Waals surface area (Å²) in [7, 11) is 0. The van der Waals surface area contributed by atoms with Gasteiger partial charge in [0.2, 0.25) is 5.91 Å². The fourth-order valence-electron chi connectivity index (χ4n) is 1.92. The maximum absolute atomic E-state index is 11.6. The number of hydrogen-bond donors (Lipinski definition) is 2. The van der Waals surface area contributed by atoms with Gasteiger partial charge in [-0.1, -0.05) is 5.11 Å². The van der Waals surface area contributed by atoms with Crippen LogP contribution in [0.3, 0.4) is 0 Å². The minimum absolute atomic E-state index is 0.00924. The van der Waals surface area contributed by atoms with Gasteiger partial charge in [0.05, 0.1) is 0 Å². The number of carbonyl (C=O) groups is 2. The van der Waals surface area contributed by atoms with Crippen molar-refractivity contribution in [3.8, 4) is 0 Å². The number of azide groups is 1. The highest BCUT2D eigenvalue weighted by Gasteiger charge is 2.36. The number of aliphatic hydroxyl groups is 1. The molecular formula is C9H14N4O4. The maximum Gasteiger partial charge on any atom is 0.326 e. The first kappa shape index (κ1) is 13.3. The van der Waals surface area contributed by atoms with Crippen LogP contribution in [-0.2, 0) is 9.59 Å². The number of carbonyl (C=O) groups excluding carboxylic acids is 1. The second kappa shape index (κ2) is 6.07. The summed E-state index contributed by atoms with van der Waals surface area (Å²) in [5, 5.41) is 21.1. The van der Waals surface area contributed by atoms with Gasteiger partial charge in [-0.3, -0.25) is 4.79 Å². The zero-order valence-corrected chi connectivity index (χ0v) is 9.19. The number of nitrogens with zero attached hydrogens (tertiary/aromatic N) is 4. The molecule has 2 atom stereocenters. The van der Waals surface area contributed by atoms with Gasteiger partial charge in [0.15, 0.2) is 0 Å². The fourth-order valence-corrected chi connectivity index (χ4v) is 1.92. The zero-order valence-electron chi connectivity index (χ0n) is 9.19. The van der Waals surface area contributed by atoms with E-state index in [0.29, 0.717) is 0 Å². The third-order valence-corrected chi connectivity index (χ3v) is 2.71. The summed E-state index contributed by atoms with van der Waals surface area (Å²) in [6.07, 6.45) is 0.198. The Balaban J connectivity index is 2.67. The van der Waals surface area contributed by atoms with Gasteiger partial charge in [-0.25, -0.2) is 4.79 Å². The van der Waals surface area contributed by atoms with Gasteiger partial charge in [-0.05, 0) is 11.4 Å². The van der Waals surface area contributed by atoms with Crippen molar-refractivity contribution in [2.24, 2.45) is 11.0 Å². The Hall–Kier alpha value is -1.79. The Morgan fingerprint density at radius 1 is 1.71 bits per heavy atom. The smallest absolute Gasteiger partial charge is 0.326 e. The highest BCUT2D eigenvalue weighted by atomic mass is 16.4. The Morgan fingerprint density at radius 3 is 2.94 bits per heavy atom. The van der Waals surface area contributed by atoms with E-state index in [-0.39, 0.29) is 44.4 Å². The summed E-state index contributed by atoms with van der Waals surface area (Å²) >= 11 is 0. The van der Waals surface area contributed by atoms with Crippen molar-refractivity contribution in [1.82, 2.24) is 4.90 Å². The van der Waals surface area contributed by atoms with E-state index in [9.17, 15) is 9.59 Å². The number of aliphatic carboxylic acids is 1. The van der Waals surface area contributed by atoms with E-state index in [2.05, 4.69) is 10.0 Å². The Morgan fingerprint density at radius 2 is 2.41 bits per heavy atom. The molecule has 0 aliphatic carbocycles. The van der Waals surface area contributed by atoms with Crippen molar-refractivity contribution in [2.75, 3.05) is 19.7 Å². The third-order valence-electron chi connectivity index (χ3n) is 2.71. The molecule has 17 heavy (non-hydrogen) atoms. The number of rotatable bonds is 6. The van der Waals surface area contributed by atoms with Crippen molar-refractivity contribution in [3.05, 3.63) is 10.4 Å². The third kappa shape index (κ3) is 3.33. The number of likely N-dealkylation sites (tertiary alicyclic amines) is 1. The normalized spacial score (nSPS) is 21.1. The molecule has 0 radical (unpaired) electrons. The highest BCUT2D eigenvalue weighted by molar-refractivity contribution is 5.85. The lowest BCUT2D eigenvalue weighted by Gasteiger charge is -2.23. The van der Waals surface area contributed by atoms with E-state index in [1.807, 2.05) is 0 Å². The summed E-state index contributed by atoms with van der Waals surface area (Å²) in [6.45, 7) is 0.154. The molecule has 1 amide bonds. The first-order chi connectivity index (χ1) is 8.10. The van der Waals surface area contributed by atoms with Crippen molar-refractivity contribution in [2.45, 2.75) is 18.9 Å². The molecule has 2 N–H and O–H groups in total. The topological polar surface area (TPSA) is 127 Å². The summed E-state index contributed by atoms with van der Waals surface area (Å²) < 4.78 is 0. The Kier molecular flexibility index (Phi) is 4.74. The van der Waals surface area contributed by atoms with Crippen LogP contribution >= 0.6 is 0 Å². The van der Waals surface area contributed by atoms with Crippen LogP contribution in [0.15, 0.2) is 5.11 Å². The minimum Gasteiger partial charge on any atom is -0.480 e. The summed E-state index contributed by atoms with van der Waals surface area (Å²) in [5.74, 6) is -1.54. The van der Waals surface area contributed by atoms with Gasteiger partial charge in [0, 0.05) is 37.4 Å². The molecule has 8 nitrogen and oxygen atoms in total. The molecule has 1 saturated heterocycles. The number of carboxylic acids is 1. The summed E-state index contributed by atoms with van der Waals surface area (Å²) in [6, 6.07) is -0.997. The van der Waals surface area contributed by atoms with Crippen molar-refractivity contribution in [1.29, 1.82) is 0 Å². The molecule has 94 valence electrons. The second-order valence-electron chi connectivity index (χ2n) is 3.90. The average molecular weight is 242 g/mol. The SMILES string of the molecule is [N-]=[N+]=NCC1CC(=O)N(C(CCO)C(=O)O)C1. The number of hydrogen-bond acceptors (Lipinski definition) is 4. The quantitative estimate of drug-likeness (QED) is 0.385. The van der Waals surface area contributed by atoms with Gasteiger partial charge in [0.1, 0.15) is 6.04 Å². The van der Waals surface area contributed by atoms with E-state index in [4.69, 9.17) is 15.7 Å². The molecule has 0 aromatic rings. The van der Waals surface area contributed by atoms with Gasteiger partial charge in [0.25, 0.3) is 0 Å². The van der Waals surface area contributed by atoms with Crippen LogP contribution in [0.4, 0.5) is 0 Å². The van der Waals surface area contributed by atoms with Crippen LogP contribution < -0.4 is 0 Å². The van der Waals surface area contributed by atoms with Crippen LogP contribution in [0.1, 0.15) is 12.8 Å². The van der Waals surface area contributed by atoms with Crippen LogP contribution in [0, 0.1) is 5.92 Å². The number of carboxylic acid groups (broad SMARTS) is 1. The molecule has 1 aliphatic heterocycles. The average Bonchev–Trinajstić information content (AvgIpc) is 2.64.